The fourth-order valence-corrected chi connectivity index (χ4v) is 3.58. The molecular weight excluding hydrogens is 300 g/mol. The number of anilines is 1. The summed E-state index contributed by atoms with van der Waals surface area (Å²) in [5.41, 5.74) is 4.95. The molecule has 0 bridgehead atoms. The van der Waals surface area contributed by atoms with Crippen LogP contribution < -0.4 is 15.0 Å². The van der Waals surface area contributed by atoms with Crippen LogP contribution in [0.4, 0.5) is 5.69 Å². The van der Waals surface area contributed by atoms with E-state index in [4.69, 9.17) is 4.74 Å². The summed E-state index contributed by atoms with van der Waals surface area (Å²) >= 11 is 0. The van der Waals surface area contributed by atoms with Crippen molar-refractivity contribution in [3.05, 3.63) is 41.2 Å². The maximum atomic E-state index is 5.50. The molecule has 1 atom stereocenters. The SMILES string of the molecule is CCn1nc(C)c(CN[C@H]2CCN(c3ccccc3OC)C2)c1C. The average molecular weight is 328 g/mol. The van der Waals surface area contributed by atoms with Gasteiger partial charge in [-0.25, -0.2) is 0 Å². The van der Waals surface area contributed by atoms with Gasteiger partial charge in [-0.3, -0.25) is 4.68 Å². The maximum absolute atomic E-state index is 5.50. The van der Waals surface area contributed by atoms with Gasteiger partial charge in [-0.1, -0.05) is 12.1 Å². The van der Waals surface area contributed by atoms with E-state index in [0.717, 1.165) is 44.0 Å². The number of hydrogen-bond donors (Lipinski definition) is 1. The van der Waals surface area contributed by atoms with Crippen molar-refractivity contribution in [3.8, 4) is 5.75 Å². The monoisotopic (exact) mass is 328 g/mol. The van der Waals surface area contributed by atoms with Crippen LogP contribution in [0.15, 0.2) is 24.3 Å². The highest BCUT2D eigenvalue weighted by atomic mass is 16.5. The minimum Gasteiger partial charge on any atom is -0.495 e. The van der Waals surface area contributed by atoms with Crippen LogP contribution in [-0.4, -0.2) is 36.0 Å². The largest absolute Gasteiger partial charge is 0.495 e. The normalized spacial score (nSPS) is 17.5. The van der Waals surface area contributed by atoms with E-state index in [0.29, 0.717) is 6.04 Å². The second-order valence-corrected chi connectivity index (χ2v) is 6.45. The number of hydrogen-bond acceptors (Lipinski definition) is 4. The zero-order chi connectivity index (χ0) is 17.1. The van der Waals surface area contributed by atoms with E-state index >= 15 is 0 Å². The molecule has 0 saturated carbocycles. The zero-order valence-electron chi connectivity index (χ0n) is 15.2. The van der Waals surface area contributed by atoms with Crippen molar-refractivity contribution in [1.29, 1.82) is 0 Å². The Morgan fingerprint density at radius 3 is 2.79 bits per heavy atom. The van der Waals surface area contributed by atoms with Crippen LogP contribution in [0.5, 0.6) is 5.75 Å². The van der Waals surface area contributed by atoms with Crippen LogP contribution in [0.25, 0.3) is 0 Å². The third-order valence-corrected chi connectivity index (χ3v) is 5.01. The smallest absolute Gasteiger partial charge is 0.142 e. The predicted molar refractivity (Wildman–Crippen MR) is 97.8 cm³/mol. The quantitative estimate of drug-likeness (QED) is 0.885. The molecule has 5 nitrogen and oxygen atoms in total. The first kappa shape index (κ1) is 16.8. The first-order chi connectivity index (χ1) is 11.6. The van der Waals surface area contributed by atoms with Crippen molar-refractivity contribution < 1.29 is 4.74 Å². The van der Waals surface area contributed by atoms with Gasteiger partial charge in [0.25, 0.3) is 0 Å². The summed E-state index contributed by atoms with van der Waals surface area (Å²) in [6.45, 7) is 10.3. The summed E-state index contributed by atoms with van der Waals surface area (Å²) in [7, 11) is 1.74. The molecular formula is C19H28N4O. The third-order valence-electron chi connectivity index (χ3n) is 5.01. The lowest BCUT2D eigenvalue weighted by atomic mass is 10.1. The lowest BCUT2D eigenvalue weighted by molar-refractivity contribution is 0.414. The fourth-order valence-electron chi connectivity index (χ4n) is 3.58. The van der Waals surface area contributed by atoms with E-state index in [1.165, 1.54) is 16.9 Å². The minimum atomic E-state index is 0.499. The number of benzene rings is 1. The molecule has 2 heterocycles. The molecule has 1 aromatic carbocycles. The molecule has 5 heteroatoms. The van der Waals surface area contributed by atoms with Gasteiger partial charge in [0.15, 0.2) is 0 Å². The number of para-hydroxylation sites is 2. The first-order valence-corrected chi connectivity index (χ1v) is 8.78. The number of nitrogens with one attached hydrogen (secondary N) is 1. The van der Waals surface area contributed by atoms with Gasteiger partial charge in [-0.05, 0) is 39.3 Å². The van der Waals surface area contributed by atoms with E-state index in [-0.39, 0.29) is 0 Å². The lowest BCUT2D eigenvalue weighted by Gasteiger charge is -2.21. The van der Waals surface area contributed by atoms with Gasteiger partial charge in [-0.2, -0.15) is 5.10 Å². The molecule has 1 aliphatic heterocycles. The van der Waals surface area contributed by atoms with Gasteiger partial charge in [0.05, 0.1) is 18.5 Å². The Bertz CT molecular complexity index is 695. The highest BCUT2D eigenvalue weighted by Gasteiger charge is 2.24. The molecule has 0 unspecified atom stereocenters. The first-order valence-electron chi connectivity index (χ1n) is 8.78. The molecule has 24 heavy (non-hydrogen) atoms. The van der Waals surface area contributed by atoms with Gasteiger partial charge in [0.2, 0.25) is 0 Å². The summed E-state index contributed by atoms with van der Waals surface area (Å²) in [6.07, 6.45) is 1.15. The Labute approximate surface area is 144 Å². The van der Waals surface area contributed by atoms with E-state index in [9.17, 15) is 0 Å². The van der Waals surface area contributed by atoms with Gasteiger partial charge in [0, 0.05) is 43.5 Å². The molecule has 0 aliphatic carbocycles. The number of rotatable bonds is 6. The fraction of sp³-hybridized carbons (Fsp3) is 0.526. The predicted octanol–water partition coefficient (Wildman–Crippen LogP) is 2.90. The Balaban J connectivity index is 1.62. The molecule has 130 valence electrons. The second kappa shape index (κ2) is 7.26. The Morgan fingerprint density at radius 2 is 2.08 bits per heavy atom. The molecule has 1 aliphatic rings. The number of aromatic nitrogens is 2. The summed E-state index contributed by atoms with van der Waals surface area (Å²) < 4.78 is 7.58. The van der Waals surface area contributed by atoms with Crippen molar-refractivity contribution in [2.24, 2.45) is 0 Å². The third kappa shape index (κ3) is 3.26. The van der Waals surface area contributed by atoms with Gasteiger partial charge in [-0.15, -0.1) is 0 Å². The number of nitrogens with zero attached hydrogens (tertiary/aromatic N) is 3. The van der Waals surface area contributed by atoms with Crippen LogP contribution in [-0.2, 0) is 13.1 Å². The summed E-state index contributed by atoms with van der Waals surface area (Å²) in [5, 5.41) is 8.33. The summed E-state index contributed by atoms with van der Waals surface area (Å²) in [6, 6.07) is 8.76. The van der Waals surface area contributed by atoms with E-state index < -0.39 is 0 Å². The molecule has 2 aromatic rings. The maximum Gasteiger partial charge on any atom is 0.142 e. The van der Waals surface area contributed by atoms with Crippen LogP contribution in [0.1, 0.15) is 30.3 Å². The van der Waals surface area contributed by atoms with Crippen LogP contribution in [0.2, 0.25) is 0 Å². The highest BCUT2D eigenvalue weighted by molar-refractivity contribution is 5.59. The van der Waals surface area contributed by atoms with Gasteiger partial charge in [0.1, 0.15) is 5.75 Å². The van der Waals surface area contributed by atoms with Crippen molar-refractivity contribution in [2.75, 3.05) is 25.1 Å². The highest BCUT2D eigenvalue weighted by Crippen LogP contribution is 2.30. The summed E-state index contributed by atoms with van der Waals surface area (Å²) in [4.78, 5) is 2.41. The molecule has 0 amide bonds. The van der Waals surface area contributed by atoms with Crippen molar-refractivity contribution in [1.82, 2.24) is 15.1 Å². The number of aryl methyl sites for hydroxylation is 2. The van der Waals surface area contributed by atoms with Crippen LogP contribution in [0.3, 0.4) is 0 Å². The topological polar surface area (TPSA) is 42.3 Å². The van der Waals surface area contributed by atoms with Gasteiger partial charge >= 0.3 is 0 Å². The molecule has 1 N–H and O–H groups in total. The van der Waals surface area contributed by atoms with Crippen molar-refractivity contribution in [2.45, 2.75) is 46.3 Å². The minimum absolute atomic E-state index is 0.499. The standard InChI is InChI=1S/C19H28N4O/c1-5-23-15(3)17(14(2)21-23)12-20-16-10-11-22(13-16)18-8-6-7-9-19(18)24-4/h6-9,16,20H,5,10-13H2,1-4H3/t16-/m0/s1. The molecule has 1 aromatic heterocycles. The van der Waals surface area contributed by atoms with E-state index in [2.05, 4.69) is 52.9 Å². The van der Waals surface area contributed by atoms with Crippen LogP contribution in [0, 0.1) is 13.8 Å². The lowest BCUT2D eigenvalue weighted by Crippen LogP contribution is -2.32. The summed E-state index contributed by atoms with van der Waals surface area (Å²) in [5.74, 6) is 0.953. The molecule has 3 rings (SSSR count). The van der Waals surface area contributed by atoms with E-state index in [1.54, 1.807) is 7.11 Å². The number of methoxy groups -OCH3 is 1. The molecule has 0 radical (unpaired) electrons. The zero-order valence-corrected chi connectivity index (χ0v) is 15.2. The Morgan fingerprint density at radius 1 is 1.29 bits per heavy atom. The Kier molecular flexibility index (Phi) is 5.09. The van der Waals surface area contributed by atoms with Crippen LogP contribution >= 0.6 is 0 Å². The second-order valence-electron chi connectivity index (χ2n) is 6.45. The number of ether oxygens (including phenoxy) is 1. The average Bonchev–Trinajstić information content (AvgIpc) is 3.18. The van der Waals surface area contributed by atoms with E-state index in [1.807, 2.05) is 12.1 Å². The van der Waals surface area contributed by atoms with Crippen molar-refractivity contribution in [3.63, 3.8) is 0 Å². The molecule has 0 spiro atoms. The van der Waals surface area contributed by atoms with Crippen molar-refractivity contribution >= 4 is 5.69 Å². The Hall–Kier alpha value is -2.01. The molecule has 1 saturated heterocycles. The van der Waals surface area contributed by atoms with Gasteiger partial charge < -0.3 is 15.0 Å². The molecule has 1 fully saturated rings.